The lowest BCUT2D eigenvalue weighted by Crippen LogP contribution is -2.06. The van der Waals surface area contributed by atoms with Gasteiger partial charge in [-0.2, -0.15) is 0 Å². The third-order valence-corrected chi connectivity index (χ3v) is 2.90. The van der Waals surface area contributed by atoms with Crippen molar-refractivity contribution in [3.8, 4) is 0 Å². The van der Waals surface area contributed by atoms with Crippen LogP contribution in [0, 0.1) is 0 Å². The first kappa shape index (κ1) is 13.0. The SMILES string of the molecule is Nc1cc(Cl)nc(NCCc2ccc(Cl)cc2)c1. The maximum Gasteiger partial charge on any atom is 0.133 e. The van der Waals surface area contributed by atoms with Gasteiger partial charge in [0.2, 0.25) is 0 Å². The van der Waals surface area contributed by atoms with Crippen molar-refractivity contribution in [2.75, 3.05) is 17.6 Å². The van der Waals surface area contributed by atoms with Gasteiger partial charge >= 0.3 is 0 Å². The summed E-state index contributed by atoms with van der Waals surface area (Å²) < 4.78 is 0. The molecular weight excluding hydrogens is 269 g/mol. The van der Waals surface area contributed by atoms with Crippen molar-refractivity contribution in [3.63, 3.8) is 0 Å². The Hall–Kier alpha value is -1.45. The van der Waals surface area contributed by atoms with Crippen molar-refractivity contribution < 1.29 is 0 Å². The number of pyridine rings is 1. The van der Waals surface area contributed by atoms with Crippen LogP contribution in [0.25, 0.3) is 0 Å². The number of rotatable bonds is 4. The molecule has 0 radical (unpaired) electrons. The first-order valence-electron chi connectivity index (χ1n) is 5.55. The Morgan fingerprint density at radius 2 is 1.83 bits per heavy atom. The van der Waals surface area contributed by atoms with Crippen LogP contribution in [0.1, 0.15) is 5.56 Å². The summed E-state index contributed by atoms with van der Waals surface area (Å²) in [5, 5.41) is 4.32. The number of nitrogens with zero attached hydrogens (tertiary/aromatic N) is 1. The molecule has 2 aromatic rings. The minimum atomic E-state index is 0.393. The van der Waals surface area contributed by atoms with Gasteiger partial charge in [0, 0.05) is 23.3 Å². The van der Waals surface area contributed by atoms with E-state index >= 15 is 0 Å². The second-order valence-corrected chi connectivity index (χ2v) is 4.74. The van der Waals surface area contributed by atoms with Gasteiger partial charge in [-0.15, -0.1) is 0 Å². The number of nitrogens with one attached hydrogen (secondary N) is 1. The zero-order chi connectivity index (χ0) is 13.0. The standard InChI is InChI=1S/C13H13Cl2N3/c14-10-3-1-9(2-4-10)5-6-17-13-8-11(16)7-12(15)18-13/h1-4,7-8H,5-6H2,(H3,16,17,18). The minimum absolute atomic E-state index is 0.393. The predicted molar refractivity (Wildman–Crippen MR) is 77.3 cm³/mol. The van der Waals surface area contributed by atoms with Crippen LogP contribution in [0.4, 0.5) is 11.5 Å². The van der Waals surface area contributed by atoms with Crippen LogP contribution in [0.5, 0.6) is 0 Å². The largest absolute Gasteiger partial charge is 0.399 e. The van der Waals surface area contributed by atoms with E-state index in [1.807, 2.05) is 24.3 Å². The second-order valence-electron chi connectivity index (χ2n) is 3.91. The maximum absolute atomic E-state index is 5.82. The lowest BCUT2D eigenvalue weighted by molar-refractivity contribution is 1.01. The normalized spacial score (nSPS) is 10.3. The summed E-state index contributed by atoms with van der Waals surface area (Å²) in [5.74, 6) is 0.689. The predicted octanol–water partition coefficient (Wildman–Crippen LogP) is 3.63. The molecule has 0 aliphatic carbocycles. The van der Waals surface area contributed by atoms with Crippen LogP contribution in [0.2, 0.25) is 10.2 Å². The van der Waals surface area contributed by atoms with Gasteiger partial charge < -0.3 is 11.1 Å². The number of anilines is 2. The molecule has 0 saturated carbocycles. The Labute approximate surface area is 116 Å². The average Bonchev–Trinajstić information content (AvgIpc) is 2.30. The van der Waals surface area contributed by atoms with Gasteiger partial charge in [-0.05, 0) is 30.2 Å². The Morgan fingerprint density at radius 3 is 2.50 bits per heavy atom. The Bertz CT molecular complexity index is 506. The zero-order valence-electron chi connectivity index (χ0n) is 9.66. The molecule has 94 valence electrons. The fourth-order valence-electron chi connectivity index (χ4n) is 1.59. The number of hydrogen-bond acceptors (Lipinski definition) is 3. The Balaban J connectivity index is 1.90. The van der Waals surface area contributed by atoms with Crippen molar-refractivity contribution in [2.24, 2.45) is 0 Å². The molecule has 2 rings (SSSR count). The molecule has 3 N–H and O–H groups in total. The molecule has 1 heterocycles. The van der Waals surface area contributed by atoms with Crippen molar-refractivity contribution in [1.82, 2.24) is 4.98 Å². The molecule has 0 aliphatic rings. The molecule has 0 saturated heterocycles. The summed E-state index contributed by atoms with van der Waals surface area (Å²) in [6.07, 6.45) is 0.880. The van der Waals surface area contributed by atoms with Crippen LogP contribution in [0.3, 0.4) is 0 Å². The summed E-state index contributed by atoms with van der Waals surface area (Å²) in [4.78, 5) is 4.13. The molecule has 0 spiro atoms. The van der Waals surface area contributed by atoms with Crippen molar-refractivity contribution in [1.29, 1.82) is 0 Å². The highest BCUT2D eigenvalue weighted by Gasteiger charge is 1.99. The van der Waals surface area contributed by atoms with Crippen LogP contribution in [-0.4, -0.2) is 11.5 Å². The highest BCUT2D eigenvalue weighted by Crippen LogP contribution is 2.16. The van der Waals surface area contributed by atoms with Crippen molar-refractivity contribution in [3.05, 3.63) is 52.1 Å². The Kier molecular flexibility index (Phi) is 4.28. The van der Waals surface area contributed by atoms with Gasteiger partial charge in [0.25, 0.3) is 0 Å². The first-order valence-corrected chi connectivity index (χ1v) is 6.30. The topological polar surface area (TPSA) is 50.9 Å². The molecule has 0 bridgehead atoms. The molecule has 5 heteroatoms. The van der Waals surface area contributed by atoms with E-state index in [2.05, 4.69) is 10.3 Å². The third-order valence-electron chi connectivity index (χ3n) is 2.45. The highest BCUT2D eigenvalue weighted by atomic mass is 35.5. The maximum atomic E-state index is 5.82. The van der Waals surface area contributed by atoms with Gasteiger partial charge in [0.15, 0.2) is 0 Å². The average molecular weight is 282 g/mol. The van der Waals surface area contributed by atoms with Crippen LogP contribution in [-0.2, 0) is 6.42 Å². The van der Waals surface area contributed by atoms with Gasteiger partial charge in [0.05, 0.1) is 0 Å². The van der Waals surface area contributed by atoms with Crippen LogP contribution < -0.4 is 11.1 Å². The van der Waals surface area contributed by atoms with Gasteiger partial charge in [-0.25, -0.2) is 4.98 Å². The molecule has 0 unspecified atom stereocenters. The number of nitrogen functional groups attached to an aromatic ring is 1. The van der Waals surface area contributed by atoms with E-state index in [0.717, 1.165) is 18.0 Å². The monoisotopic (exact) mass is 281 g/mol. The highest BCUT2D eigenvalue weighted by molar-refractivity contribution is 6.30. The van der Waals surface area contributed by atoms with E-state index in [1.54, 1.807) is 12.1 Å². The molecule has 0 amide bonds. The summed E-state index contributed by atoms with van der Waals surface area (Å²) >= 11 is 11.6. The summed E-state index contributed by atoms with van der Waals surface area (Å²) in [6, 6.07) is 11.1. The van der Waals surface area contributed by atoms with E-state index in [-0.39, 0.29) is 0 Å². The van der Waals surface area contributed by atoms with Crippen LogP contribution >= 0.6 is 23.2 Å². The smallest absolute Gasteiger partial charge is 0.133 e. The van der Waals surface area contributed by atoms with Gasteiger partial charge in [-0.1, -0.05) is 35.3 Å². The molecule has 0 atom stereocenters. The number of benzene rings is 1. The summed E-state index contributed by atoms with van der Waals surface area (Å²) in [7, 11) is 0. The number of halogens is 2. The van der Waals surface area contributed by atoms with E-state index in [0.29, 0.717) is 16.7 Å². The summed E-state index contributed by atoms with van der Waals surface area (Å²) in [5.41, 5.74) is 7.49. The van der Waals surface area contributed by atoms with Gasteiger partial charge in [-0.3, -0.25) is 0 Å². The number of hydrogen-bond donors (Lipinski definition) is 2. The first-order chi connectivity index (χ1) is 8.63. The molecule has 1 aromatic heterocycles. The summed E-state index contributed by atoms with van der Waals surface area (Å²) in [6.45, 7) is 0.758. The van der Waals surface area contributed by atoms with E-state index in [9.17, 15) is 0 Å². The zero-order valence-corrected chi connectivity index (χ0v) is 11.2. The van der Waals surface area contributed by atoms with Crippen molar-refractivity contribution >= 4 is 34.7 Å². The fourth-order valence-corrected chi connectivity index (χ4v) is 1.94. The molecule has 3 nitrogen and oxygen atoms in total. The van der Waals surface area contributed by atoms with Gasteiger partial charge in [0.1, 0.15) is 11.0 Å². The number of aromatic nitrogens is 1. The number of nitrogens with two attached hydrogens (primary N) is 1. The fraction of sp³-hybridized carbons (Fsp3) is 0.154. The molecule has 18 heavy (non-hydrogen) atoms. The van der Waals surface area contributed by atoms with E-state index < -0.39 is 0 Å². The molecule has 0 fully saturated rings. The lowest BCUT2D eigenvalue weighted by Gasteiger charge is -2.07. The second kappa shape index (κ2) is 5.94. The molecule has 0 aliphatic heterocycles. The van der Waals surface area contributed by atoms with E-state index in [4.69, 9.17) is 28.9 Å². The van der Waals surface area contributed by atoms with Crippen LogP contribution in [0.15, 0.2) is 36.4 Å². The quantitative estimate of drug-likeness (QED) is 0.842. The lowest BCUT2D eigenvalue weighted by atomic mass is 10.1. The third kappa shape index (κ3) is 3.79. The molecule has 1 aromatic carbocycles. The van der Waals surface area contributed by atoms with Crippen molar-refractivity contribution in [2.45, 2.75) is 6.42 Å². The molecular formula is C13H13Cl2N3. The Morgan fingerprint density at radius 1 is 1.11 bits per heavy atom. The van der Waals surface area contributed by atoms with E-state index in [1.165, 1.54) is 5.56 Å². The minimum Gasteiger partial charge on any atom is -0.399 e.